The molecule has 1 aliphatic heterocycles. The van der Waals surface area contributed by atoms with Crippen LogP contribution in [0.25, 0.3) is 11.0 Å². The van der Waals surface area contributed by atoms with E-state index in [1.54, 1.807) is 7.11 Å². The number of nitrogens with one attached hydrogen (secondary N) is 1. The lowest BCUT2D eigenvalue weighted by Crippen LogP contribution is -2.32. The first-order valence-corrected chi connectivity index (χ1v) is 7.04. The van der Waals surface area contributed by atoms with Crippen molar-refractivity contribution in [2.45, 2.75) is 18.5 Å². The van der Waals surface area contributed by atoms with Crippen molar-refractivity contribution in [2.75, 3.05) is 34.0 Å². The molecule has 1 fully saturated rings. The Morgan fingerprint density at radius 1 is 1.40 bits per heavy atom. The summed E-state index contributed by atoms with van der Waals surface area (Å²) < 4.78 is 13.1. The Morgan fingerprint density at radius 3 is 3.05 bits per heavy atom. The smallest absolute Gasteiger partial charge is 0.117 e. The number of imidazole rings is 1. The van der Waals surface area contributed by atoms with E-state index in [0.717, 1.165) is 31.1 Å². The summed E-state index contributed by atoms with van der Waals surface area (Å²) in [5.74, 6) is 1.39. The Morgan fingerprint density at radius 2 is 2.25 bits per heavy atom. The highest BCUT2D eigenvalue weighted by Gasteiger charge is 2.32. The molecule has 0 spiro atoms. The third kappa shape index (κ3) is 2.32. The number of aromatic nitrogens is 2. The van der Waals surface area contributed by atoms with Gasteiger partial charge in [-0.15, -0.1) is 0 Å². The molecule has 1 aliphatic rings. The van der Waals surface area contributed by atoms with Crippen molar-refractivity contribution in [3.63, 3.8) is 0 Å². The van der Waals surface area contributed by atoms with E-state index in [0.29, 0.717) is 18.6 Å². The van der Waals surface area contributed by atoms with E-state index in [2.05, 4.69) is 28.1 Å². The van der Waals surface area contributed by atoms with Crippen LogP contribution in [0.2, 0.25) is 0 Å². The van der Waals surface area contributed by atoms with E-state index in [1.807, 2.05) is 13.1 Å². The Labute approximate surface area is 118 Å². The van der Waals surface area contributed by atoms with Gasteiger partial charge >= 0.3 is 0 Å². The summed E-state index contributed by atoms with van der Waals surface area (Å²) in [5, 5.41) is 3.33. The molecule has 108 valence electrons. The Bertz CT molecular complexity index is 582. The first-order valence-electron chi connectivity index (χ1n) is 7.04. The molecule has 0 saturated carbocycles. The summed E-state index contributed by atoms with van der Waals surface area (Å²) in [4.78, 5) is 4.83. The third-order valence-electron chi connectivity index (χ3n) is 3.99. The van der Waals surface area contributed by atoms with Crippen LogP contribution in [0.5, 0.6) is 0 Å². The Kier molecular flexibility index (Phi) is 4.00. The largest absolute Gasteiger partial charge is 0.383 e. The zero-order valence-corrected chi connectivity index (χ0v) is 12.0. The molecule has 5 heteroatoms. The third-order valence-corrected chi connectivity index (χ3v) is 3.99. The van der Waals surface area contributed by atoms with E-state index in [4.69, 9.17) is 14.5 Å². The van der Waals surface area contributed by atoms with E-state index in [9.17, 15) is 0 Å². The number of para-hydroxylation sites is 2. The number of hydrogen-bond donors (Lipinski definition) is 1. The van der Waals surface area contributed by atoms with Gasteiger partial charge in [0.15, 0.2) is 0 Å². The number of fused-ring (bicyclic) bond motifs is 1. The standard InChI is InChI=1S/C15H21N3O2/c1-16-13-10-20-9-11(13)15-17-12-5-3-4-6-14(12)18(15)7-8-19-2/h3-6,11,13,16H,7-10H2,1-2H3. The van der Waals surface area contributed by atoms with Gasteiger partial charge in [0, 0.05) is 19.7 Å². The minimum atomic E-state index is 0.296. The predicted molar refractivity (Wildman–Crippen MR) is 78.0 cm³/mol. The van der Waals surface area contributed by atoms with Gasteiger partial charge in [-0.3, -0.25) is 0 Å². The molecule has 2 heterocycles. The fraction of sp³-hybridized carbons (Fsp3) is 0.533. The van der Waals surface area contributed by atoms with Crippen LogP contribution in [-0.2, 0) is 16.0 Å². The van der Waals surface area contributed by atoms with Gasteiger partial charge in [-0.05, 0) is 19.2 Å². The maximum atomic E-state index is 5.62. The molecule has 2 unspecified atom stereocenters. The van der Waals surface area contributed by atoms with Gasteiger partial charge in [-0.2, -0.15) is 0 Å². The van der Waals surface area contributed by atoms with E-state index in [-0.39, 0.29) is 0 Å². The summed E-state index contributed by atoms with van der Waals surface area (Å²) in [6.07, 6.45) is 0. The predicted octanol–water partition coefficient (Wildman–Crippen LogP) is 1.38. The molecule has 3 rings (SSSR count). The quantitative estimate of drug-likeness (QED) is 0.895. The zero-order chi connectivity index (χ0) is 13.9. The van der Waals surface area contributed by atoms with Crippen molar-refractivity contribution in [1.29, 1.82) is 0 Å². The Balaban J connectivity index is 2.04. The molecule has 1 saturated heterocycles. The normalized spacial score (nSPS) is 22.7. The lowest BCUT2D eigenvalue weighted by Gasteiger charge is -2.18. The first kappa shape index (κ1) is 13.5. The van der Waals surface area contributed by atoms with Crippen molar-refractivity contribution < 1.29 is 9.47 Å². The van der Waals surface area contributed by atoms with Crippen LogP contribution in [0.4, 0.5) is 0 Å². The monoisotopic (exact) mass is 275 g/mol. The number of likely N-dealkylation sites (N-methyl/N-ethyl adjacent to an activating group) is 1. The summed E-state index contributed by atoms with van der Waals surface area (Å²) in [7, 11) is 3.71. The highest BCUT2D eigenvalue weighted by atomic mass is 16.5. The molecule has 20 heavy (non-hydrogen) atoms. The summed E-state index contributed by atoms with van der Waals surface area (Å²) >= 11 is 0. The summed E-state index contributed by atoms with van der Waals surface area (Å²) in [6.45, 7) is 2.97. The van der Waals surface area contributed by atoms with Crippen LogP contribution < -0.4 is 5.32 Å². The molecule has 1 aromatic carbocycles. The molecule has 1 aromatic heterocycles. The van der Waals surface area contributed by atoms with Gasteiger partial charge in [0.1, 0.15) is 5.82 Å². The Hall–Kier alpha value is -1.43. The van der Waals surface area contributed by atoms with Gasteiger partial charge in [0.2, 0.25) is 0 Å². The maximum Gasteiger partial charge on any atom is 0.117 e. The zero-order valence-electron chi connectivity index (χ0n) is 12.0. The average Bonchev–Trinajstić information content (AvgIpc) is 3.08. The average molecular weight is 275 g/mol. The highest BCUT2D eigenvalue weighted by molar-refractivity contribution is 5.76. The van der Waals surface area contributed by atoms with E-state index in [1.165, 1.54) is 5.52 Å². The molecule has 0 radical (unpaired) electrons. The SMILES string of the molecule is CNC1COCC1c1nc2ccccc2n1CCOC. The van der Waals surface area contributed by atoms with Crippen LogP contribution >= 0.6 is 0 Å². The van der Waals surface area contributed by atoms with Gasteiger partial charge in [0.05, 0.1) is 36.8 Å². The van der Waals surface area contributed by atoms with Crippen LogP contribution in [0, 0.1) is 0 Å². The molecule has 1 N–H and O–H groups in total. The van der Waals surface area contributed by atoms with E-state index >= 15 is 0 Å². The van der Waals surface area contributed by atoms with Gasteiger partial charge in [-0.1, -0.05) is 12.1 Å². The number of nitrogens with zero attached hydrogens (tertiary/aromatic N) is 2. The lowest BCUT2D eigenvalue weighted by molar-refractivity contribution is 0.182. The summed E-state index contributed by atoms with van der Waals surface area (Å²) in [5.41, 5.74) is 2.21. The molecule has 0 bridgehead atoms. The van der Waals surface area contributed by atoms with Crippen LogP contribution in [0.1, 0.15) is 11.7 Å². The second-order valence-corrected chi connectivity index (χ2v) is 5.14. The first-order chi connectivity index (χ1) is 9.85. The minimum Gasteiger partial charge on any atom is -0.383 e. The number of methoxy groups -OCH3 is 1. The fourth-order valence-corrected chi connectivity index (χ4v) is 2.89. The topological polar surface area (TPSA) is 48.3 Å². The van der Waals surface area contributed by atoms with Gasteiger partial charge < -0.3 is 19.4 Å². The molecule has 5 nitrogen and oxygen atoms in total. The number of ether oxygens (including phenoxy) is 2. The van der Waals surface area contributed by atoms with Crippen LogP contribution in [0.3, 0.4) is 0 Å². The van der Waals surface area contributed by atoms with Gasteiger partial charge in [0.25, 0.3) is 0 Å². The molecule has 0 amide bonds. The van der Waals surface area contributed by atoms with Crippen molar-refractivity contribution in [2.24, 2.45) is 0 Å². The number of hydrogen-bond acceptors (Lipinski definition) is 4. The molecule has 0 aliphatic carbocycles. The van der Waals surface area contributed by atoms with Crippen molar-refractivity contribution in [1.82, 2.24) is 14.9 Å². The highest BCUT2D eigenvalue weighted by Crippen LogP contribution is 2.28. The second-order valence-electron chi connectivity index (χ2n) is 5.14. The fourth-order valence-electron chi connectivity index (χ4n) is 2.89. The molecule has 2 atom stereocenters. The number of benzene rings is 1. The minimum absolute atomic E-state index is 0.296. The van der Waals surface area contributed by atoms with Crippen molar-refractivity contribution in [3.8, 4) is 0 Å². The maximum absolute atomic E-state index is 5.62. The molecular weight excluding hydrogens is 254 g/mol. The van der Waals surface area contributed by atoms with Crippen LogP contribution in [-0.4, -0.2) is 49.6 Å². The van der Waals surface area contributed by atoms with E-state index < -0.39 is 0 Å². The second kappa shape index (κ2) is 5.91. The summed E-state index contributed by atoms with van der Waals surface area (Å²) in [6, 6.07) is 8.59. The molecule has 2 aromatic rings. The number of rotatable bonds is 5. The van der Waals surface area contributed by atoms with Gasteiger partial charge in [-0.25, -0.2) is 4.98 Å². The van der Waals surface area contributed by atoms with Crippen molar-refractivity contribution >= 4 is 11.0 Å². The molecular formula is C15H21N3O2. The van der Waals surface area contributed by atoms with Crippen molar-refractivity contribution in [3.05, 3.63) is 30.1 Å². The lowest BCUT2D eigenvalue weighted by atomic mass is 10.0. The van der Waals surface area contributed by atoms with Crippen LogP contribution in [0.15, 0.2) is 24.3 Å².